The number of nitrogens with zero attached hydrogens (tertiary/aromatic N) is 2. The number of rotatable bonds is 4. The summed E-state index contributed by atoms with van der Waals surface area (Å²) in [5.74, 6) is 2.58. The fourth-order valence-corrected chi connectivity index (χ4v) is 2.28. The smallest absolute Gasteiger partial charge is 0.433 e. The molecule has 0 atom stereocenters. The molecule has 0 fully saturated rings. The van der Waals surface area contributed by atoms with E-state index in [1.54, 1.807) is 6.07 Å². The molecule has 5 nitrogen and oxygen atoms in total. The van der Waals surface area contributed by atoms with Crippen molar-refractivity contribution >= 4 is 9.84 Å². The first kappa shape index (κ1) is 17.7. The maximum absolute atomic E-state index is 13.0. The Bertz CT molecular complexity index is 903. The Hall–Kier alpha value is -2.60. The SMILES string of the molecule is C#CCOc1cccc(-c2cc(C(F)(F)F)nc(S(C)(=O)=O)n2)c1. The number of sulfone groups is 1. The number of terminal acetylenes is 1. The quantitative estimate of drug-likeness (QED) is 0.622. The van der Waals surface area contributed by atoms with E-state index in [-0.39, 0.29) is 17.9 Å². The standard InChI is InChI=1S/C15H11F3N2O3S/c1-3-7-23-11-6-4-5-10(8-11)12-9-13(15(16,17)18)20-14(19-12)24(2,21)22/h1,4-6,8-9H,7H2,2H3. The molecule has 2 aromatic rings. The summed E-state index contributed by atoms with van der Waals surface area (Å²) in [6.07, 6.45) is 0.998. The van der Waals surface area contributed by atoms with Crippen LogP contribution < -0.4 is 4.74 Å². The minimum absolute atomic E-state index is 0.0182. The van der Waals surface area contributed by atoms with Gasteiger partial charge in [0.25, 0.3) is 0 Å². The average molecular weight is 356 g/mol. The number of halogens is 3. The van der Waals surface area contributed by atoms with E-state index >= 15 is 0 Å². The Morgan fingerprint density at radius 3 is 2.54 bits per heavy atom. The van der Waals surface area contributed by atoms with Gasteiger partial charge in [0.05, 0.1) is 5.69 Å². The highest BCUT2D eigenvalue weighted by molar-refractivity contribution is 7.90. The van der Waals surface area contributed by atoms with Gasteiger partial charge in [-0.05, 0) is 18.2 Å². The highest BCUT2D eigenvalue weighted by atomic mass is 32.2. The molecular formula is C15H11F3N2O3S. The Balaban J connectivity index is 2.60. The van der Waals surface area contributed by atoms with Crippen LogP contribution in [0.15, 0.2) is 35.5 Å². The largest absolute Gasteiger partial charge is 0.481 e. The third kappa shape index (κ3) is 4.23. The maximum atomic E-state index is 13.0. The van der Waals surface area contributed by atoms with Gasteiger partial charge in [-0.15, -0.1) is 6.42 Å². The van der Waals surface area contributed by atoms with E-state index in [4.69, 9.17) is 11.2 Å². The van der Waals surface area contributed by atoms with Gasteiger partial charge in [-0.25, -0.2) is 18.4 Å². The first-order valence-corrected chi connectivity index (χ1v) is 8.33. The summed E-state index contributed by atoms with van der Waals surface area (Å²) in [5.41, 5.74) is -1.30. The van der Waals surface area contributed by atoms with E-state index in [1.807, 2.05) is 0 Å². The summed E-state index contributed by atoms with van der Waals surface area (Å²) in [7, 11) is -4.02. The van der Waals surface area contributed by atoms with E-state index in [9.17, 15) is 21.6 Å². The van der Waals surface area contributed by atoms with Crippen molar-refractivity contribution in [2.45, 2.75) is 11.3 Å². The second-order valence-corrected chi connectivity index (χ2v) is 6.62. The van der Waals surface area contributed by atoms with Gasteiger partial charge in [0.2, 0.25) is 15.0 Å². The highest BCUT2D eigenvalue weighted by Crippen LogP contribution is 2.31. The predicted octanol–water partition coefficient (Wildman–Crippen LogP) is 2.58. The molecule has 0 radical (unpaired) electrons. The number of hydrogen-bond donors (Lipinski definition) is 0. The van der Waals surface area contributed by atoms with Gasteiger partial charge < -0.3 is 4.74 Å². The van der Waals surface area contributed by atoms with Crippen LogP contribution in [0, 0.1) is 12.3 Å². The summed E-state index contributed by atoms with van der Waals surface area (Å²) in [4.78, 5) is 6.81. The lowest BCUT2D eigenvalue weighted by Gasteiger charge is -2.10. The van der Waals surface area contributed by atoms with Crippen LogP contribution in [0.4, 0.5) is 13.2 Å². The molecule has 0 spiro atoms. The zero-order valence-electron chi connectivity index (χ0n) is 12.3. The lowest BCUT2D eigenvalue weighted by Crippen LogP contribution is -2.14. The summed E-state index contributed by atoms with van der Waals surface area (Å²) in [6.45, 7) is -0.0182. The molecule has 9 heteroatoms. The first-order chi connectivity index (χ1) is 11.1. The van der Waals surface area contributed by atoms with Crippen LogP contribution in [0.1, 0.15) is 5.69 Å². The lowest BCUT2D eigenvalue weighted by molar-refractivity contribution is -0.141. The lowest BCUT2D eigenvalue weighted by atomic mass is 10.1. The summed E-state index contributed by atoms with van der Waals surface area (Å²) >= 11 is 0. The van der Waals surface area contributed by atoms with E-state index in [2.05, 4.69) is 15.9 Å². The van der Waals surface area contributed by atoms with Gasteiger partial charge in [0.1, 0.15) is 18.1 Å². The zero-order chi connectivity index (χ0) is 18.0. The monoisotopic (exact) mass is 356 g/mol. The van der Waals surface area contributed by atoms with Crippen molar-refractivity contribution in [2.75, 3.05) is 12.9 Å². The van der Waals surface area contributed by atoms with Crippen LogP contribution in [-0.2, 0) is 16.0 Å². The summed E-state index contributed by atoms with van der Waals surface area (Å²) in [6, 6.07) is 6.64. The van der Waals surface area contributed by atoms with Crippen molar-refractivity contribution in [3.63, 3.8) is 0 Å². The highest BCUT2D eigenvalue weighted by Gasteiger charge is 2.34. The zero-order valence-corrected chi connectivity index (χ0v) is 13.1. The second-order valence-electron chi connectivity index (χ2n) is 4.71. The molecule has 0 saturated carbocycles. The van der Waals surface area contributed by atoms with E-state index in [1.165, 1.54) is 18.2 Å². The minimum Gasteiger partial charge on any atom is -0.481 e. The number of benzene rings is 1. The molecule has 2 rings (SSSR count). The molecule has 0 aliphatic carbocycles. The van der Waals surface area contributed by atoms with E-state index < -0.39 is 26.9 Å². The third-order valence-electron chi connectivity index (χ3n) is 2.78. The van der Waals surface area contributed by atoms with Crippen LogP contribution >= 0.6 is 0 Å². The van der Waals surface area contributed by atoms with Crippen LogP contribution in [0.2, 0.25) is 0 Å². The van der Waals surface area contributed by atoms with E-state index in [0.29, 0.717) is 11.8 Å². The molecular weight excluding hydrogens is 345 g/mol. The molecule has 0 aliphatic rings. The van der Waals surface area contributed by atoms with Gasteiger partial charge in [-0.2, -0.15) is 13.2 Å². The minimum atomic E-state index is -4.81. The van der Waals surface area contributed by atoms with Gasteiger partial charge in [0, 0.05) is 11.8 Å². The van der Waals surface area contributed by atoms with Gasteiger partial charge in [-0.1, -0.05) is 18.1 Å². The number of ether oxygens (including phenoxy) is 1. The van der Waals surface area contributed by atoms with Crippen molar-refractivity contribution in [3.05, 3.63) is 36.0 Å². The molecule has 1 aromatic carbocycles. The average Bonchev–Trinajstić information content (AvgIpc) is 2.51. The Labute approximate surface area is 136 Å². The number of alkyl halides is 3. The molecule has 0 bridgehead atoms. The van der Waals surface area contributed by atoms with E-state index in [0.717, 1.165) is 6.26 Å². The molecule has 1 aromatic heterocycles. The predicted molar refractivity (Wildman–Crippen MR) is 79.9 cm³/mol. The normalized spacial score (nSPS) is 11.8. The fourth-order valence-electron chi connectivity index (χ4n) is 1.75. The molecule has 24 heavy (non-hydrogen) atoms. The molecule has 0 aliphatic heterocycles. The Morgan fingerprint density at radius 2 is 1.96 bits per heavy atom. The summed E-state index contributed by atoms with van der Waals surface area (Å²) < 4.78 is 67.2. The molecule has 126 valence electrons. The number of hydrogen-bond acceptors (Lipinski definition) is 5. The third-order valence-corrected chi connectivity index (χ3v) is 3.63. The van der Waals surface area contributed by atoms with Crippen molar-refractivity contribution in [3.8, 4) is 29.4 Å². The molecule has 0 unspecified atom stereocenters. The van der Waals surface area contributed by atoms with Crippen LogP contribution in [0.3, 0.4) is 0 Å². The molecule has 1 heterocycles. The van der Waals surface area contributed by atoms with Gasteiger partial charge in [-0.3, -0.25) is 0 Å². The number of aromatic nitrogens is 2. The van der Waals surface area contributed by atoms with Gasteiger partial charge in [0.15, 0.2) is 0 Å². The summed E-state index contributed by atoms with van der Waals surface area (Å²) in [5, 5.41) is -0.901. The Kier molecular flexibility index (Phi) is 4.80. The van der Waals surface area contributed by atoms with Crippen molar-refractivity contribution in [2.24, 2.45) is 0 Å². The van der Waals surface area contributed by atoms with Gasteiger partial charge >= 0.3 is 6.18 Å². The van der Waals surface area contributed by atoms with Crippen molar-refractivity contribution < 1.29 is 26.3 Å². The van der Waals surface area contributed by atoms with Crippen LogP contribution in [-0.4, -0.2) is 31.2 Å². The Morgan fingerprint density at radius 1 is 1.25 bits per heavy atom. The fraction of sp³-hybridized carbons (Fsp3) is 0.200. The van der Waals surface area contributed by atoms with Crippen LogP contribution in [0.25, 0.3) is 11.3 Å². The molecule has 0 saturated heterocycles. The van der Waals surface area contributed by atoms with Crippen molar-refractivity contribution in [1.29, 1.82) is 0 Å². The first-order valence-electron chi connectivity index (χ1n) is 6.44. The second kappa shape index (κ2) is 6.49. The maximum Gasteiger partial charge on any atom is 0.433 e. The molecule has 0 N–H and O–H groups in total. The van der Waals surface area contributed by atoms with Crippen LogP contribution in [0.5, 0.6) is 5.75 Å². The van der Waals surface area contributed by atoms with Crippen molar-refractivity contribution in [1.82, 2.24) is 9.97 Å². The topological polar surface area (TPSA) is 69.2 Å². The molecule has 0 amide bonds.